The Morgan fingerprint density at radius 3 is 2.53 bits per heavy atom. The van der Waals surface area contributed by atoms with Crippen molar-refractivity contribution in [3.05, 3.63) is 34.1 Å². The number of aliphatic hydroxyl groups excluding tert-OH is 1. The highest BCUT2D eigenvalue weighted by atomic mass is 79.9. The maximum absolute atomic E-state index is 13.0. The molecule has 17 heavy (non-hydrogen) atoms. The van der Waals surface area contributed by atoms with Gasteiger partial charge in [-0.2, -0.15) is 0 Å². The van der Waals surface area contributed by atoms with Gasteiger partial charge in [0.25, 0.3) is 0 Å². The minimum Gasteiger partial charge on any atom is -0.393 e. The lowest BCUT2D eigenvalue weighted by atomic mass is 9.86. The lowest BCUT2D eigenvalue weighted by Crippen LogP contribution is -2.25. The van der Waals surface area contributed by atoms with Crippen LogP contribution in [0.25, 0.3) is 0 Å². The summed E-state index contributed by atoms with van der Waals surface area (Å²) >= 11 is 3.17. The van der Waals surface area contributed by atoms with Crippen molar-refractivity contribution in [2.75, 3.05) is 0 Å². The van der Waals surface area contributed by atoms with Crippen LogP contribution in [0.3, 0.4) is 0 Å². The van der Waals surface area contributed by atoms with Crippen molar-refractivity contribution in [3.63, 3.8) is 0 Å². The largest absolute Gasteiger partial charge is 0.393 e. The molecule has 1 unspecified atom stereocenters. The van der Waals surface area contributed by atoms with Gasteiger partial charge in [-0.15, -0.1) is 0 Å². The predicted octanol–water partition coefficient (Wildman–Crippen LogP) is 4.32. The van der Waals surface area contributed by atoms with Crippen LogP contribution >= 0.6 is 15.9 Å². The molecule has 0 saturated heterocycles. The summed E-state index contributed by atoms with van der Waals surface area (Å²) in [6.45, 7) is 6.10. The van der Waals surface area contributed by atoms with Crippen molar-refractivity contribution in [1.82, 2.24) is 0 Å². The van der Waals surface area contributed by atoms with E-state index in [9.17, 15) is 9.50 Å². The molecule has 1 nitrogen and oxygen atoms in total. The molecule has 0 saturated carbocycles. The molecule has 1 atom stereocenters. The number of hydrogen-bond donors (Lipinski definition) is 1. The molecule has 1 N–H and O–H groups in total. The van der Waals surface area contributed by atoms with Crippen LogP contribution in [-0.4, -0.2) is 11.2 Å². The third-order valence-corrected chi connectivity index (χ3v) is 3.53. The fourth-order valence-electron chi connectivity index (χ4n) is 1.63. The van der Waals surface area contributed by atoms with Crippen LogP contribution in [0.5, 0.6) is 0 Å². The Morgan fingerprint density at radius 1 is 1.35 bits per heavy atom. The Balaban J connectivity index is 2.44. The van der Waals surface area contributed by atoms with Gasteiger partial charge in [0.1, 0.15) is 5.82 Å². The number of aryl methyl sites for hydroxylation is 1. The molecular weight excluding hydrogens is 283 g/mol. The second-order valence-electron chi connectivity index (χ2n) is 5.52. The fraction of sp³-hybridized carbons (Fsp3) is 0.571. The van der Waals surface area contributed by atoms with Gasteiger partial charge < -0.3 is 5.11 Å². The lowest BCUT2D eigenvalue weighted by molar-refractivity contribution is 0.0540. The van der Waals surface area contributed by atoms with Gasteiger partial charge in [-0.25, -0.2) is 4.39 Å². The first-order valence-electron chi connectivity index (χ1n) is 5.92. The van der Waals surface area contributed by atoms with E-state index in [1.165, 1.54) is 6.07 Å². The highest BCUT2D eigenvalue weighted by Gasteiger charge is 2.21. The standard InChI is InChI=1S/C14H20BrFO/c1-14(2,3)13(17)6-4-5-10-7-8-12(16)11(15)9-10/h7-9,13,17H,4-6H2,1-3H3. The highest BCUT2D eigenvalue weighted by molar-refractivity contribution is 9.10. The molecule has 0 aliphatic carbocycles. The van der Waals surface area contributed by atoms with Crippen LogP contribution in [-0.2, 0) is 6.42 Å². The number of hydrogen-bond acceptors (Lipinski definition) is 1. The maximum atomic E-state index is 13.0. The third kappa shape index (κ3) is 4.76. The summed E-state index contributed by atoms with van der Waals surface area (Å²) in [5.74, 6) is -0.233. The molecule has 3 heteroatoms. The molecule has 96 valence electrons. The van der Waals surface area contributed by atoms with Crippen molar-refractivity contribution in [2.45, 2.75) is 46.1 Å². The van der Waals surface area contributed by atoms with Crippen LogP contribution in [0.1, 0.15) is 39.2 Å². The van der Waals surface area contributed by atoms with E-state index in [2.05, 4.69) is 15.9 Å². The minimum absolute atomic E-state index is 0.0661. The van der Waals surface area contributed by atoms with Crippen molar-refractivity contribution >= 4 is 15.9 Å². The minimum atomic E-state index is -0.286. The average Bonchev–Trinajstić information content (AvgIpc) is 2.22. The molecule has 0 aliphatic heterocycles. The van der Waals surface area contributed by atoms with Gasteiger partial charge in [0.05, 0.1) is 10.6 Å². The monoisotopic (exact) mass is 302 g/mol. The number of rotatable bonds is 4. The van der Waals surface area contributed by atoms with Crippen LogP contribution in [0.15, 0.2) is 22.7 Å². The quantitative estimate of drug-likeness (QED) is 0.878. The highest BCUT2D eigenvalue weighted by Crippen LogP contribution is 2.24. The Morgan fingerprint density at radius 2 is 2.00 bits per heavy atom. The van der Waals surface area contributed by atoms with E-state index in [1.54, 1.807) is 12.1 Å². The van der Waals surface area contributed by atoms with Crippen molar-refractivity contribution in [2.24, 2.45) is 5.41 Å². The van der Waals surface area contributed by atoms with Crippen molar-refractivity contribution in [1.29, 1.82) is 0 Å². The first-order valence-corrected chi connectivity index (χ1v) is 6.72. The molecule has 1 aromatic rings. The number of aliphatic hydroxyl groups is 1. The first-order chi connectivity index (χ1) is 7.80. The zero-order valence-corrected chi connectivity index (χ0v) is 12.2. The van der Waals surface area contributed by atoms with Gasteiger partial charge in [-0.3, -0.25) is 0 Å². The van der Waals surface area contributed by atoms with Crippen LogP contribution < -0.4 is 0 Å². The first kappa shape index (κ1) is 14.7. The molecule has 0 spiro atoms. The Hall–Kier alpha value is -0.410. The van der Waals surface area contributed by atoms with Gasteiger partial charge in [-0.1, -0.05) is 26.8 Å². The zero-order chi connectivity index (χ0) is 13.1. The third-order valence-electron chi connectivity index (χ3n) is 2.93. The number of benzene rings is 1. The van der Waals surface area contributed by atoms with Gasteiger partial charge in [0.2, 0.25) is 0 Å². The topological polar surface area (TPSA) is 20.2 Å². The smallest absolute Gasteiger partial charge is 0.137 e. The Labute approximate surface area is 111 Å². The molecule has 0 aromatic heterocycles. The normalized spacial score (nSPS) is 13.8. The van der Waals surface area contributed by atoms with E-state index in [4.69, 9.17) is 0 Å². The summed E-state index contributed by atoms with van der Waals surface area (Å²) in [6.07, 6.45) is 2.27. The summed E-state index contributed by atoms with van der Waals surface area (Å²) in [4.78, 5) is 0. The molecule has 0 radical (unpaired) electrons. The lowest BCUT2D eigenvalue weighted by Gasteiger charge is -2.25. The van der Waals surface area contributed by atoms with Gasteiger partial charge in [0, 0.05) is 0 Å². The SMILES string of the molecule is CC(C)(C)C(O)CCCc1ccc(F)c(Br)c1. The van der Waals surface area contributed by atoms with E-state index in [0.717, 1.165) is 24.8 Å². The van der Waals surface area contributed by atoms with E-state index in [1.807, 2.05) is 20.8 Å². The van der Waals surface area contributed by atoms with E-state index < -0.39 is 0 Å². The van der Waals surface area contributed by atoms with Gasteiger partial charge in [-0.05, 0) is 58.3 Å². The molecule has 0 heterocycles. The van der Waals surface area contributed by atoms with Gasteiger partial charge in [0.15, 0.2) is 0 Å². The van der Waals surface area contributed by atoms with Crippen LogP contribution in [0.2, 0.25) is 0 Å². The van der Waals surface area contributed by atoms with Crippen molar-refractivity contribution < 1.29 is 9.50 Å². The second-order valence-corrected chi connectivity index (χ2v) is 6.38. The van der Waals surface area contributed by atoms with E-state index >= 15 is 0 Å². The van der Waals surface area contributed by atoms with E-state index in [-0.39, 0.29) is 17.3 Å². The maximum Gasteiger partial charge on any atom is 0.137 e. The summed E-state index contributed by atoms with van der Waals surface area (Å²) in [5.41, 5.74) is 1.03. The summed E-state index contributed by atoms with van der Waals surface area (Å²) in [6, 6.07) is 5.07. The molecule has 0 fully saturated rings. The van der Waals surface area contributed by atoms with Crippen LogP contribution in [0.4, 0.5) is 4.39 Å². The summed E-state index contributed by atoms with van der Waals surface area (Å²) < 4.78 is 13.5. The second kappa shape index (κ2) is 5.96. The van der Waals surface area contributed by atoms with Crippen LogP contribution in [0, 0.1) is 11.2 Å². The average molecular weight is 303 g/mol. The summed E-state index contributed by atoms with van der Waals surface area (Å²) in [7, 11) is 0. The Bertz CT molecular complexity index is 371. The fourth-order valence-corrected chi connectivity index (χ4v) is 2.05. The van der Waals surface area contributed by atoms with Crippen molar-refractivity contribution in [3.8, 4) is 0 Å². The molecule has 1 aromatic carbocycles. The zero-order valence-electron chi connectivity index (χ0n) is 10.6. The summed E-state index contributed by atoms with van der Waals surface area (Å²) in [5, 5.41) is 9.89. The Kier molecular flexibility index (Phi) is 5.14. The molecule has 0 amide bonds. The molecule has 0 aliphatic rings. The number of halogens is 2. The molecule has 1 rings (SSSR count). The van der Waals surface area contributed by atoms with E-state index in [0.29, 0.717) is 4.47 Å². The van der Waals surface area contributed by atoms with Gasteiger partial charge >= 0.3 is 0 Å². The predicted molar refractivity (Wildman–Crippen MR) is 72.5 cm³/mol. The molecule has 0 bridgehead atoms. The molecular formula is C14H20BrFO.